The predicted octanol–water partition coefficient (Wildman–Crippen LogP) is 7.77. The van der Waals surface area contributed by atoms with E-state index in [-0.39, 0.29) is 5.41 Å². The highest BCUT2D eigenvalue weighted by Gasteiger charge is 2.42. The normalized spacial score (nSPS) is 13.8. The lowest BCUT2D eigenvalue weighted by molar-refractivity contribution is 0.401. The van der Waals surface area contributed by atoms with E-state index in [1.54, 1.807) is 0 Å². The summed E-state index contributed by atoms with van der Waals surface area (Å²) in [6, 6.07) is 17.7. The van der Waals surface area contributed by atoms with Gasteiger partial charge in [-0.3, -0.25) is 0 Å². The quantitative estimate of drug-likeness (QED) is 0.397. The largest absolute Gasteiger partial charge is 0.192 e. The van der Waals surface area contributed by atoms with Crippen LogP contribution in [0.25, 0.3) is 11.1 Å². The first-order valence-electron chi connectivity index (χ1n) is 10.9. The third-order valence-corrected chi connectivity index (χ3v) is 6.31. The maximum Gasteiger partial charge on any atom is 0.0991 e. The second-order valence-corrected chi connectivity index (χ2v) is 8.12. The Morgan fingerprint density at radius 2 is 1.37 bits per heavy atom. The molecule has 0 aromatic heterocycles. The van der Waals surface area contributed by atoms with Gasteiger partial charge in [0.05, 0.1) is 11.6 Å². The lowest BCUT2D eigenvalue weighted by Gasteiger charge is -2.33. The van der Waals surface area contributed by atoms with Crippen molar-refractivity contribution in [2.45, 2.75) is 83.5 Å². The third kappa shape index (κ3) is 3.96. The Balaban J connectivity index is 2.02. The second-order valence-electron chi connectivity index (χ2n) is 8.12. The number of rotatable bonds is 10. The van der Waals surface area contributed by atoms with Crippen molar-refractivity contribution in [1.82, 2.24) is 0 Å². The molecule has 0 unspecified atom stereocenters. The molecule has 27 heavy (non-hydrogen) atoms. The van der Waals surface area contributed by atoms with Gasteiger partial charge in [-0.1, -0.05) is 95.5 Å². The van der Waals surface area contributed by atoms with Crippen LogP contribution in [0.1, 0.15) is 94.7 Å². The smallest absolute Gasteiger partial charge is 0.0991 e. The van der Waals surface area contributed by atoms with Crippen LogP contribution >= 0.6 is 0 Å². The number of fused-ring (bicyclic) bond motifs is 3. The van der Waals surface area contributed by atoms with Crippen LogP contribution in [0.15, 0.2) is 42.5 Å². The van der Waals surface area contributed by atoms with Gasteiger partial charge in [0, 0.05) is 5.41 Å². The molecule has 0 amide bonds. The highest BCUT2D eigenvalue weighted by molar-refractivity contribution is 5.81. The van der Waals surface area contributed by atoms with Crippen molar-refractivity contribution in [1.29, 1.82) is 5.26 Å². The molecule has 0 saturated carbocycles. The summed E-state index contributed by atoms with van der Waals surface area (Å²) in [5.41, 5.74) is 6.56. The SMILES string of the molecule is CCCCCCC1(CCCCCC)c2ccccc2-c2ccc(C#N)cc21. The zero-order valence-electron chi connectivity index (χ0n) is 17.1. The van der Waals surface area contributed by atoms with Crippen LogP contribution in [0.4, 0.5) is 0 Å². The fourth-order valence-corrected chi connectivity index (χ4v) is 4.90. The van der Waals surface area contributed by atoms with Crippen molar-refractivity contribution in [3.05, 3.63) is 59.2 Å². The van der Waals surface area contributed by atoms with Crippen molar-refractivity contribution in [2.75, 3.05) is 0 Å². The summed E-state index contributed by atoms with van der Waals surface area (Å²) >= 11 is 0. The summed E-state index contributed by atoms with van der Waals surface area (Å²) in [5, 5.41) is 9.50. The number of nitriles is 1. The fraction of sp³-hybridized carbons (Fsp3) is 0.500. The molecule has 0 spiro atoms. The summed E-state index contributed by atoms with van der Waals surface area (Å²) < 4.78 is 0. The first kappa shape index (κ1) is 19.7. The topological polar surface area (TPSA) is 23.8 Å². The molecule has 0 radical (unpaired) electrons. The zero-order chi connectivity index (χ0) is 19.1. The van der Waals surface area contributed by atoms with Gasteiger partial charge in [0.2, 0.25) is 0 Å². The van der Waals surface area contributed by atoms with E-state index >= 15 is 0 Å². The van der Waals surface area contributed by atoms with Crippen molar-refractivity contribution >= 4 is 0 Å². The third-order valence-electron chi connectivity index (χ3n) is 6.31. The van der Waals surface area contributed by atoms with Gasteiger partial charge in [-0.2, -0.15) is 5.26 Å². The molecular weight excluding hydrogens is 326 g/mol. The lowest BCUT2D eigenvalue weighted by atomic mass is 9.70. The van der Waals surface area contributed by atoms with Gasteiger partial charge in [-0.15, -0.1) is 0 Å². The number of benzene rings is 2. The van der Waals surface area contributed by atoms with E-state index in [4.69, 9.17) is 0 Å². The molecule has 0 aliphatic heterocycles. The lowest BCUT2D eigenvalue weighted by Crippen LogP contribution is -2.25. The van der Waals surface area contributed by atoms with Crippen LogP contribution < -0.4 is 0 Å². The average molecular weight is 360 g/mol. The molecule has 3 rings (SSSR count). The Kier molecular flexibility index (Phi) is 6.73. The molecular formula is C26H33N. The number of unbranched alkanes of at least 4 members (excludes halogenated alkanes) is 6. The van der Waals surface area contributed by atoms with Gasteiger partial charge >= 0.3 is 0 Å². The minimum absolute atomic E-state index is 0.0975. The summed E-state index contributed by atoms with van der Waals surface area (Å²) in [5.74, 6) is 0. The summed E-state index contributed by atoms with van der Waals surface area (Å²) in [6.45, 7) is 4.56. The first-order chi connectivity index (χ1) is 13.3. The summed E-state index contributed by atoms with van der Waals surface area (Å²) in [7, 11) is 0. The molecule has 0 bridgehead atoms. The monoisotopic (exact) mass is 359 g/mol. The molecule has 0 heterocycles. The van der Waals surface area contributed by atoms with E-state index in [1.807, 2.05) is 6.07 Å². The molecule has 1 aliphatic carbocycles. The van der Waals surface area contributed by atoms with E-state index in [0.29, 0.717) is 0 Å². The number of hydrogen-bond acceptors (Lipinski definition) is 1. The van der Waals surface area contributed by atoms with E-state index in [1.165, 1.54) is 86.5 Å². The Morgan fingerprint density at radius 3 is 2.00 bits per heavy atom. The Hall–Kier alpha value is -2.07. The van der Waals surface area contributed by atoms with E-state index in [9.17, 15) is 5.26 Å². The summed E-state index contributed by atoms with van der Waals surface area (Å²) in [4.78, 5) is 0. The highest BCUT2D eigenvalue weighted by Crippen LogP contribution is 2.54. The second kappa shape index (κ2) is 9.23. The van der Waals surface area contributed by atoms with Crippen LogP contribution in [-0.2, 0) is 5.41 Å². The molecule has 0 fully saturated rings. The standard InChI is InChI=1S/C26H33N/c1-3-5-7-11-17-26(18-12-8-6-4-2)24-14-10-9-13-22(24)23-16-15-21(20-27)19-25(23)26/h9-10,13-16,19H,3-8,11-12,17-18H2,1-2H3. The maximum atomic E-state index is 9.50. The average Bonchev–Trinajstić information content (AvgIpc) is 2.98. The van der Waals surface area contributed by atoms with Gasteiger partial charge in [0.1, 0.15) is 0 Å². The summed E-state index contributed by atoms with van der Waals surface area (Å²) in [6.07, 6.45) is 12.8. The van der Waals surface area contributed by atoms with Gasteiger partial charge in [0.15, 0.2) is 0 Å². The molecule has 1 heteroatoms. The van der Waals surface area contributed by atoms with E-state index in [2.05, 4.69) is 56.3 Å². The molecule has 2 aromatic carbocycles. The minimum Gasteiger partial charge on any atom is -0.192 e. The maximum absolute atomic E-state index is 9.50. The van der Waals surface area contributed by atoms with E-state index in [0.717, 1.165) is 5.56 Å². The van der Waals surface area contributed by atoms with Gasteiger partial charge in [-0.25, -0.2) is 0 Å². The highest BCUT2D eigenvalue weighted by atomic mass is 14.4. The minimum atomic E-state index is 0.0975. The molecule has 1 aliphatic rings. The Morgan fingerprint density at radius 1 is 0.741 bits per heavy atom. The Bertz CT molecular complexity index is 784. The van der Waals surface area contributed by atoms with Crippen molar-refractivity contribution in [3.8, 4) is 17.2 Å². The zero-order valence-corrected chi connectivity index (χ0v) is 17.1. The van der Waals surface area contributed by atoms with Crippen LogP contribution in [0.3, 0.4) is 0 Å². The van der Waals surface area contributed by atoms with Crippen LogP contribution in [0, 0.1) is 11.3 Å². The van der Waals surface area contributed by atoms with Crippen molar-refractivity contribution in [3.63, 3.8) is 0 Å². The first-order valence-corrected chi connectivity index (χ1v) is 10.9. The van der Waals surface area contributed by atoms with Crippen LogP contribution in [0.2, 0.25) is 0 Å². The fourth-order valence-electron chi connectivity index (χ4n) is 4.90. The Labute approximate surface area is 165 Å². The van der Waals surface area contributed by atoms with Gasteiger partial charge in [-0.05, 0) is 47.2 Å². The van der Waals surface area contributed by atoms with Gasteiger partial charge < -0.3 is 0 Å². The molecule has 2 aromatic rings. The predicted molar refractivity (Wildman–Crippen MR) is 115 cm³/mol. The number of hydrogen-bond donors (Lipinski definition) is 0. The van der Waals surface area contributed by atoms with Crippen molar-refractivity contribution in [2.24, 2.45) is 0 Å². The molecule has 142 valence electrons. The molecule has 0 saturated heterocycles. The van der Waals surface area contributed by atoms with Crippen LogP contribution in [-0.4, -0.2) is 0 Å². The molecule has 0 atom stereocenters. The van der Waals surface area contributed by atoms with Gasteiger partial charge in [0.25, 0.3) is 0 Å². The molecule has 0 N–H and O–H groups in total. The molecule has 1 nitrogen and oxygen atoms in total. The number of nitrogens with zero attached hydrogens (tertiary/aromatic N) is 1. The van der Waals surface area contributed by atoms with Crippen LogP contribution in [0.5, 0.6) is 0 Å². The van der Waals surface area contributed by atoms with Crippen molar-refractivity contribution < 1.29 is 0 Å². The van der Waals surface area contributed by atoms with E-state index < -0.39 is 0 Å².